The van der Waals surface area contributed by atoms with Crippen LogP contribution in [0, 0.1) is 0 Å². The lowest BCUT2D eigenvalue weighted by molar-refractivity contribution is -0.966. The Morgan fingerprint density at radius 3 is 1.93 bits per heavy atom. The van der Waals surface area contributed by atoms with Crippen molar-refractivity contribution in [3.63, 3.8) is 0 Å². The Kier molecular flexibility index (Phi) is 7.20. The van der Waals surface area contributed by atoms with Crippen molar-refractivity contribution < 1.29 is 9.59 Å². The Morgan fingerprint density at radius 1 is 1.00 bits per heavy atom. The van der Waals surface area contributed by atoms with Gasteiger partial charge in [0.15, 0.2) is 6.23 Å². The van der Waals surface area contributed by atoms with E-state index < -0.39 is 0 Å². The first-order chi connectivity index (χ1) is 6.63. The molecule has 0 heterocycles. The summed E-state index contributed by atoms with van der Waals surface area (Å²) in [4.78, 5) is 0. The molecule has 0 aromatic rings. The first-order valence-corrected chi connectivity index (χ1v) is 6.16. The number of hydrogen-bond donors (Lipinski definition) is 1. The van der Waals surface area contributed by atoms with Crippen LogP contribution in [0.3, 0.4) is 0 Å². The topological polar surface area (TPSA) is 20.2 Å². The molecule has 0 saturated heterocycles. The third-order valence-electron chi connectivity index (χ3n) is 3.51. The third-order valence-corrected chi connectivity index (χ3v) is 3.51. The number of nitrogens with zero attached hydrogens (tertiary/aromatic N) is 1. The second-order valence-electron chi connectivity index (χ2n) is 4.27. The molecule has 0 aliphatic heterocycles. The van der Waals surface area contributed by atoms with E-state index in [1.54, 1.807) is 0 Å². The van der Waals surface area contributed by atoms with Gasteiger partial charge in [-0.25, -0.2) is 0 Å². The largest absolute Gasteiger partial charge is 0.345 e. The van der Waals surface area contributed by atoms with Crippen LogP contribution in [0.1, 0.15) is 53.4 Å². The summed E-state index contributed by atoms with van der Waals surface area (Å²) in [5.41, 5.74) is 0. The van der Waals surface area contributed by atoms with Gasteiger partial charge < -0.3 is 5.11 Å². The van der Waals surface area contributed by atoms with Crippen LogP contribution >= 0.6 is 0 Å². The van der Waals surface area contributed by atoms with Gasteiger partial charge in [0.1, 0.15) is 0 Å². The monoisotopic (exact) mass is 202 g/mol. The molecule has 0 bridgehead atoms. The number of quaternary nitrogens is 1. The minimum Gasteiger partial charge on any atom is -0.345 e. The number of aliphatic hydroxyl groups excluding tert-OH is 1. The van der Waals surface area contributed by atoms with E-state index in [2.05, 4.69) is 20.8 Å². The number of unbranched alkanes of at least 4 members (excludes halogenated alkanes) is 3. The van der Waals surface area contributed by atoms with E-state index in [-0.39, 0.29) is 6.23 Å². The fourth-order valence-corrected chi connectivity index (χ4v) is 2.11. The van der Waals surface area contributed by atoms with Crippen LogP contribution in [0.4, 0.5) is 0 Å². The molecule has 2 heteroatoms. The lowest BCUT2D eigenvalue weighted by Crippen LogP contribution is -2.54. The van der Waals surface area contributed by atoms with Crippen LogP contribution in [0.5, 0.6) is 0 Å². The fourth-order valence-electron chi connectivity index (χ4n) is 2.11. The molecule has 0 aliphatic rings. The molecule has 0 aromatic carbocycles. The van der Waals surface area contributed by atoms with Gasteiger partial charge in [-0.15, -0.1) is 0 Å². The fraction of sp³-hybridized carbons (Fsp3) is 1.00. The SMILES string of the molecule is CCCCCC[N+](CC)(CC)C(C)O. The molecule has 1 unspecified atom stereocenters. The van der Waals surface area contributed by atoms with Gasteiger partial charge >= 0.3 is 0 Å². The van der Waals surface area contributed by atoms with Crippen molar-refractivity contribution in [3.05, 3.63) is 0 Å². The van der Waals surface area contributed by atoms with Crippen molar-refractivity contribution in [3.8, 4) is 0 Å². The molecule has 2 nitrogen and oxygen atoms in total. The molecule has 14 heavy (non-hydrogen) atoms. The Morgan fingerprint density at radius 2 is 1.57 bits per heavy atom. The maximum Gasteiger partial charge on any atom is 0.187 e. The third kappa shape index (κ3) is 3.97. The van der Waals surface area contributed by atoms with Crippen molar-refractivity contribution in [2.45, 2.75) is 59.6 Å². The van der Waals surface area contributed by atoms with Crippen LogP contribution in [0.2, 0.25) is 0 Å². The molecule has 0 rings (SSSR count). The summed E-state index contributed by atoms with van der Waals surface area (Å²) < 4.78 is 0.865. The molecule has 0 spiro atoms. The molecule has 0 saturated carbocycles. The zero-order valence-electron chi connectivity index (χ0n) is 10.4. The van der Waals surface area contributed by atoms with Gasteiger partial charge in [0, 0.05) is 6.92 Å². The first-order valence-electron chi connectivity index (χ1n) is 6.16. The summed E-state index contributed by atoms with van der Waals surface area (Å²) in [5, 5.41) is 9.79. The molecule has 1 N–H and O–H groups in total. The van der Waals surface area contributed by atoms with Crippen molar-refractivity contribution in [2.24, 2.45) is 0 Å². The van der Waals surface area contributed by atoms with Gasteiger partial charge in [0.25, 0.3) is 0 Å². The highest BCUT2D eigenvalue weighted by Gasteiger charge is 2.27. The highest BCUT2D eigenvalue weighted by atomic mass is 16.3. The maximum atomic E-state index is 9.79. The van der Waals surface area contributed by atoms with Crippen molar-refractivity contribution >= 4 is 0 Å². The second-order valence-corrected chi connectivity index (χ2v) is 4.27. The smallest absolute Gasteiger partial charge is 0.187 e. The molecular weight excluding hydrogens is 174 g/mol. The zero-order valence-corrected chi connectivity index (χ0v) is 10.4. The first kappa shape index (κ1) is 13.9. The zero-order chi connectivity index (χ0) is 11.0. The van der Waals surface area contributed by atoms with Gasteiger partial charge in [-0.2, -0.15) is 0 Å². The molecule has 0 fully saturated rings. The highest BCUT2D eigenvalue weighted by molar-refractivity contribution is 4.45. The molecule has 1 atom stereocenters. The highest BCUT2D eigenvalue weighted by Crippen LogP contribution is 2.14. The van der Waals surface area contributed by atoms with E-state index in [1.807, 2.05) is 6.92 Å². The molecule has 0 amide bonds. The predicted octanol–water partition coefficient (Wildman–Crippen LogP) is 2.76. The molecule has 0 radical (unpaired) electrons. The summed E-state index contributed by atoms with van der Waals surface area (Å²) in [6, 6.07) is 0. The molecule has 86 valence electrons. The van der Waals surface area contributed by atoms with Crippen LogP contribution in [-0.2, 0) is 0 Å². The van der Waals surface area contributed by atoms with Gasteiger partial charge in [0.05, 0.1) is 19.6 Å². The van der Waals surface area contributed by atoms with Gasteiger partial charge in [-0.1, -0.05) is 19.8 Å². The van der Waals surface area contributed by atoms with Crippen molar-refractivity contribution in [1.82, 2.24) is 0 Å². The summed E-state index contributed by atoms with van der Waals surface area (Å²) in [5.74, 6) is 0. The molecule has 0 aliphatic carbocycles. The van der Waals surface area contributed by atoms with E-state index in [4.69, 9.17) is 0 Å². The summed E-state index contributed by atoms with van der Waals surface area (Å²) in [7, 11) is 0. The normalized spacial score (nSPS) is 14.4. The number of rotatable bonds is 8. The van der Waals surface area contributed by atoms with E-state index in [9.17, 15) is 5.11 Å². The van der Waals surface area contributed by atoms with E-state index in [1.165, 1.54) is 25.7 Å². The minimum absolute atomic E-state index is 0.216. The van der Waals surface area contributed by atoms with Crippen LogP contribution in [-0.4, -0.2) is 35.5 Å². The lowest BCUT2D eigenvalue weighted by atomic mass is 10.1. The van der Waals surface area contributed by atoms with Gasteiger partial charge in [-0.05, 0) is 26.7 Å². The number of aliphatic hydroxyl groups is 1. The summed E-state index contributed by atoms with van der Waals surface area (Å²) in [6.07, 6.45) is 4.95. The van der Waals surface area contributed by atoms with E-state index in [0.717, 1.165) is 24.1 Å². The Labute approximate surface area is 89.5 Å². The van der Waals surface area contributed by atoms with Crippen LogP contribution < -0.4 is 0 Å². The van der Waals surface area contributed by atoms with Crippen molar-refractivity contribution in [2.75, 3.05) is 19.6 Å². The average molecular weight is 202 g/mol. The molecule has 0 aromatic heterocycles. The molecular formula is C12H28NO+. The van der Waals surface area contributed by atoms with E-state index >= 15 is 0 Å². The number of hydrogen-bond acceptors (Lipinski definition) is 1. The second kappa shape index (κ2) is 7.24. The Bertz CT molecular complexity index is 130. The summed E-state index contributed by atoms with van der Waals surface area (Å²) in [6.45, 7) is 11.7. The maximum absolute atomic E-state index is 9.79. The van der Waals surface area contributed by atoms with Crippen molar-refractivity contribution in [1.29, 1.82) is 0 Å². The quantitative estimate of drug-likeness (QED) is 0.364. The standard InChI is InChI=1S/C12H28NO/c1-5-8-9-10-11-13(6-2,7-3)12(4)14/h12,14H,5-11H2,1-4H3/q+1. The Balaban J connectivity index is 3.95. The van der Waals surface area contributed by atoms with Gasteiger partial charge in [0.2, 0.25) is 0 Å². The van der Waals surface area contributed by atoms with Gasteiger partial charge in [-0.3, -0.25) is 4.48 Å². The average Bonchev–Trinajstić information content (AvgIpc) is 2.18. The van der Waals surface area contributed by atoms with E-state index in [0.29, 0.717) is 0 Å². The summed E-state index contributed by atoms with van der Waals surface area (Å²) >= 11 is 0. The minimum atomic E-state index is -0.216. The van der Waals surface area contributed by atoms with Crippen LogP contribution in [0.15, 0.2) is 0 Å². The Hall–Kier alpha value is -0.0800. The lowest BCUT2D eigenvalue weighted by Gasteiger charge is -2.39. The predicted molar refractivity (Wildman–Crippen MR) is 62.0 cm³/mol. The van der Waals surface area contributed by atoms with Crippen LogP contribution in [0.25, 0.3) is 0 Å².